The van der Waals surface area contributed by atoms with E-state index in [1.807, 2.05) is 0 Å². The van der Waals surface area contributed by atoms with Gasteiger partial charge in [-0.15, -0.1) is 0 Å². The smallest absolute Gasteiger partial charge is 0.244 e. The van der Waals surface area contributed by atoms with Gasteiger partial charge in [-0.2, -0.15) is 4.72 Å². The zero-order chi connectivity index (χ0) is 14.2. The molecule has 1 unspecified atom stereocenters. The number of carbonyl (C=O) groups excluding carboxylic acids is 1. The van der Waals surface area contributed by atoms with E-state index in [-0.39, 0.29) is 21.5 Å². The number of carbonyl (C=O) groups is 1. The van der Waals surface area contributed by atoms with Crippen LogP contribution in [-0.2, 0) is 14.8 Å². The number of hydrogen-bond donors (Lipinski definition) is 2. The second kappa shape index (κ2) is 4.99. The predicted octanol–water partition coefficient (Wildman–Crippen LogP) is 0.431. The Kier molecular flexibility index (Phi) is 3.71. The Morgan fingerprint density at radius 1 is 1.47 bits per heavy atom. The summed E-state index contributed by atoms with van der Waals surface area (Å²) in [5.41, 5.74) is 5.70. The summed E-state index contributed by atoms with van der Waals surface area (Å²) in [7, 11) is -2.29. The van der Waals surface area contributed by atoms with Crippen molar-refractivity contribution in [3.8, 4) is 0 Å². The molecule has 1 fully saturated rings. The van der Waals surface area contributed by atoms with E-state index in [2.05, 4.69) is 4.72 Å². The summed E-state index contributed by atoms with van der Waals surface area (Å²) in [6.45, 7) is 0.518. The zero-order valence-electron chi connectivity index (χ0n) is 10.3. The molecule has 0 radical (unpaired) electrons. The van der Waals surface area contributed by atoms with Crippen molar-refractivity contribution in [1.82, 2.24) is 9.62 Å². The summed E-state index contributed by atoms with van der Waals surface area (Å²) >= 11 is 5.87. The highest BCUT2D eigenvalue weighted by Crippen LogP contribution is 2.27. The Hall–Kier alpha value is -1.31. The van der Waals surface area contributed by atoms with Gasteiger partial charge in [-0.3, -0.25) is 4.79 Å². The van der Waals surface area contributed by atoms with Gasteiger partial charge in [0.25, 0.3) is 0 Å². The average molecular weight is 304 g/mol. The molecule has 19 heavy (non-hydrogen) atoms. The molecule has 1 heterocycles. The maximum Gasteiger partial charge on any atom is 0.244 e. The van der Waals surface area contributed by atoms with E-state index < -0.39 is 16.1 Å². The van der Waals surface area contributed by atoms with Gasteiger partial charge in [-0.05, 0) is 18.6 Å². The fourth-order valence-electron chi connectivity index (χ4n) is 1.99. The van der Waals surface area contributed by atoms with Crippen LogP contribution in [0, 0.1) is 0 Å². The maximum absolute atomic E-state index is 12.2. The summed E-state index contributed by atoms with van der Waals surface area (Å²) in [6.07, 6.45) is 0.429. The van der Waals surface area contributed by atoms with Crippen LogP contribution in [0.15, 0.2) is 23.1 Å². The van der Waals surface area contributed by atoms with Crippen molar-refractivity contribution in [1.29, 1.82) is 0 Å². The number of nitrogen functional groups attached to an aromatic ring is 1. The number of anilines is 1. The Morgan fingerprint density at radius 2 is 2.16 bits per heavy atom. The molecule has 0 saturated carbocycles. The number of amides is 1. The lowest BCUT2D eigenvalue weighted by Gasteiger charge is -2.14. The highest BCUT2D eigenvalue weighted by atomic mass is 35.5. The molecule has 1 aliphatic heterocycles. The zero-order valence-corrected chi connectivity index (χ0v) is 11.8. The van der Waals surface area contributed by atoms with Crippen molar-refractivity contribution in [2.75, 3.05) is 19.3 Å². The Bertz CT molecular complexity index is 597. The molecule has 1 aliphatic rings. The molecule has 3 N–H and O–H groups in total. The SMILES string of the molecule is CN1CCC(NS(=O)(=O)c2c(N)cccc2Cl)C1=O. The molecular formula is C11H14ClN3O3S. The minimum atomic E-state index is -3.92. The number of sulfonamides is 1. The van der Waals surface area contributed by atoms with E-state index >= 15 is 0 Å². The monoisotopic (exact) mass is 303 g/mol. The van der Waals surface area contributed by atoms with E-state index in [1.54, 1.807) is 13.1 Å². The number of rotatable bonds is 3. The van der Waals surface area contributed by atoms with Gasteiger partial charge in [0.2, 0.25) is 15.9 Å². The van der Waals surface area contributed by atoms with Gasteiger partial charge in [0.05, 0.1) is 10.7 Å². The Balaban J connectivity index is 2.31. The summed E-state index contributed by atoms with van der Waals surface area (Å²) in [5, 5.41) is 0.0336. The van der Waals surface area contributed by atoms with Gasteiger partial charge in [0.15, 0.2) is 0 Å². The van der Waals surface area contributed by atoms with Crippen molar-refractivity contribution < 1.29 is 13.2 Å². The van der Waals surface area contributed by atoms with E-state index in [1.165, 1.54) is 17.0 Å². The first-order valence-electron chi connectivity index (χ1n) is 5.64. The predicted molar refractivity (Wildman–Crippen MR) is 72.2 cm³/mol. The molecule has 1 amide bonds. The van der Waals surface area contributed by atoms with Gasteiger partial charge < -0.3 is 10.6 Å². The first-order valence-corrected chi connectivity index (χ1v) is 7.50. The first kappa shape index (κ1) is 14.1. The van der Waals surface area contributed by atoms with Crippen LogP contribution in [0.2, 0.25) is 5.02 Å². The molecule has 0 spiro atoms. The fraction of sp³-hybridized carbons (Fsp3) is 0.364. The fourth-order valence-corrected chi connectivity index (χ4v) is 3.89. The number of nitrogens with zero attached hydrogens (tertiary/aromatic N) is 1. The minimum Gasteiger partial charge on any atom is -0.398 e. The number of nitrogens with one attached hydrogen (secondary N) is 1. The van der Waals surface area contributed by atoms with E-state index in [0.29, 0.717) is 13.0 Å². The van der Waals surface area contributed by atoms with Crippen LogP contribution in [-0.4, -0.2) is 38.9 Å². The molecule has 8 heteroatoms. The lowest BCUT2D eigenvalue weighted by molar-refractivity contribution is -0.127. The first-order chi connectivity index (χ1) is 8.83. The third kappa shape index (κ3) is 2.68. The molecule has 104 valence electrons. The van der Waals surface area contributed by atoms with Crippen molar-refractivity contribution in [3.05, 3.63) is 23.2 Å². The molecule has 0 aromatic heterocycles. The second-order valence-electron chi connectivity index (χ2n) is 4.38. The molecule has 1 aromatic carbocycles. The standard InChI is InChI=1S/C11H14ClN3O3S/c1-15-6-5-9(11(15)16)14-19(17,18)10-7(12)3-2-4-8(10)13/h2-4,9,14H,5-6,13H2,1H3. The van der Waals surface area contributed by atoms with Crippen molar-refractivity contribution in [3.63, 3.8) is 0 Å². The highest BCUT2D eigenvalue weighted by Gasteiger charge is 2.34. The van der Waals surface area contributed by atoms with E-state index in [0.717, 1.165) is 0 Å². The van der Waals surface area contributed by atoms with Gasteiger partial charge in [0.1, 0.15) is 10.9 Å². The average Bonchev–Trinajstić information content (AvgIpc) is 2.60. The van der Waals surface area contributed by atoms with Gasteiger partial charge >= 0.3 is 0 Å². The van der Waals surface area contributed by atoms with Gasteiger partial charge in [-0.1, -0.05) is 17.7 Å². The molecule has 6 nitrogen and oxygen atoms in total. The summed E-state index contributed by atoms with van der Waals surface area (Å²) in [5.74, 6) is -0.255. The van der Waals surface area contributed by atoms with Gasteiger partial charge in [-0.25, -0.2) is 8.42 Å². The Morgan fingerprint density at radius 3 is 2.68 bits per heavy atom. The van der Waals surface area contributed by atoms with Crippen molar-refractivity contribution in [2.24, 2.45) is 0 Å². The quantitative estimate of drug-likeness (QED) is 0.792. The topological polar surface area (TPSA) is 92.5 Å². The molecule has 1 atom stereocenters. The number of likely N-dealkylation sites (N-methyl/N-ethyl adjacent to an activating group) is 1. The van der Waals surface area contributed by atoms with E-state index in [9.17, 15) is 13.2 Å². The molecule has 1 aromatic rings. The van der Waals surface area contributed by atoms with Crippen LogP contribution in [0.5, 0.6) is 0 Å². The number of nitrogens with two attached hydrogens (primary N) is 1. The summed E-state index contributed by atoms with van der Waals surface area (Å²) in [4.78, 5) is 13.0. The van der Waals surface area contributed by atoms with Crippen molar-refractivity contribution >= 4 is 33.2 Å². The summed E-state index contributed by atoms with van der Waals surface area (Å²) < 4.78 is 26.8. The van der Waals surface area contributed by atoms with Crippen LogP contribution in [0.25, 0.3) is 0 Å². The molecular weight excluding hydrogens is 290 g/mol. The van der Waals surface area contributed by atoms with Crippen LogP contribution in [0.3, 0.4) is 0 Å². The molecule has 1 saturated heterocycles. The second-order valence-corrected chi connectivity index (χ2v) is 6.44. The third-order valence-corrected chi connectivity index (χ3v) is 5.01. The normalized spacial score (nSPS) is 20.0. The molecule has 2 rings (SSSR count). The largest absolute Gasteiger partial charge is 0.398 e. The highest BCUT2D eigenvalue weighted by molar-refractivity contribution is 7.89. The van der Waals surface area contributed by atoms with E-state index in [4.69, 9.17) is 17.3 Å². The number of hydrogen-bond acceptors (Lipinski definition) is 4. The minimum absolute atomic E-state index is 0.0336. The molecule has 0 bridgehead atoms. The lowest BCUT2D eigenvalue weighted by atomic mass is 10.3. The van der Waals surface area contributed by atoms with Crippen LogP contribution >= 0.6 is 11.6 Å². The molecule has 0 aliphatic carbocycles. The third-order valence-electron chi connectivity index (χ3n) is 2.99. The van der Waals surface area contributed by atoms with Crippen LogP contribution in [0.4, 0.5) is 5.69 Å². The maximum atomic E-state index is 12.2. The van der Waals surface area contributed by atoms with Crippen LogP contribution < -0.4 is 10.5 Å². The summed E-state index contributed by atoms with van der Waals surface area (Å²) in [6, 6.07) is 3.69. The number of benzene rings is 1. The van der Waals surface area contributed by atoms with Crippen molar-refractivity contribution in [2.45, 2.75) is 17.4 Å². The van der Waals surface area contributed by atoms with Crippen LogP contribution in [0.1, 0.15) is 6.42 Å². The van der Waals surface area contributed by atoms with Gasteiger partial charge in [0, 0.05) is 13.6 Å². The Labute approximate surface area is 116 Å². The lowest BCUT2D eigenvalue weighted by Crippen LogP contribution is -2.40. The number of halogens is 1. The number of likely N-dealkylation sites (tertiary alicyclic amines) is 1.